The van der Waals surface area contributed by atoms with E-state index in [1.165, 1.54) is 4.68 Å². The lowest BCUT2D eigenvalue weighted by molar-refractivity contribution is -0.145. The van der Waals surface area contributed by atoms with E-state index in [1.54, 1.807) is 0 Å². The molecule has 1 heterocycles. The number of nitrogens with one attached hydrogen (secondary N) is 1. The summed E-state index contributed by atoms with van der Waals surface area (Å²) in [6.07, 6.45) is -0.805. The van der Waals surface area contributed by atoms with E-state index in [0.29, 0.717) is 19.4 Å². The van der Waals surface area contributed by atoms with Crippen LogP contribution in [0.1, 0.15) is 44.2 Å². The number of rotatable bonds is 5. The highest BCUT2D eigenvalue weighted by Gasteiger charge is 2.46. The molecule has 1 aliphatic carbocycles. The normalized spacial score (nSPS) is 26.2. The molecule has 21 heavy (non-hydrogen) atoms. The zero-order valence-corrected chi connectivity index (χ0v) is 11.7. The zero-order chi connectivity index (χ0) is 15.7. The Balaban J connectivity index is 2.13. The van der Waals surface area contributed by atoms with E-state index in [0.717, 1.165) is 18.8 Å². The van der Waals surface area contributed by atoms with Crippen LogP contribution < -0.4 is 5.32 Å². The summed E-state index contributed by atoms with van der Waals surface area (Å²) in [4.78, 5) is 11.5. The number of nitrogens with zero attached hydrogens (tertiary/aromatic N) is 2. The molecule has 2 rings (SSSR count). The predicted octanol–water partition coefficient (Wildman–Crippen LogP) is 2.45. The maximum atomic E-state index is 12.6. The van der Waals surface area contributed by atoms with Gasteiger partial charge in [0.25, 0.3) is 0 Å². The van der Waals surface area contributed by atoms with Crippen LogP contribution >= 0.6 is 0 Å². The van der Waals surface area contributed by atoms with Gasteiger partial charge in [0.2, 0.25) is 0 Å². The number of aliphatic carboxylic acids is 1. The lowest BCUT2D eigenvalue weighted by Gasteiger charge is -2.25. The van der Waals surface area contributed by atoms with Crippen molar-refractivity contribution >= 4 is 5.97 Å². The van der Waals surface area contributed by atoms with Gasteiger partial charge in [-0.25, -0.2) is 0 Å². The van der Waals surface area contributed by atoms with Crippen molar-refractivity contribution in [2.75, 3.05) is 6.54 Å². The number of carboxylic acids is 1. The third-order valence-electron chi connectivity index (χ3n) is 3.91. The maximum absolute atomic E-state index is 12.6. The summed E-state index contributed by atoms with van der Waals surface area (Å²) in [7, 11) is 0. The molecular weight excluding hydrogens is 287 g/mol. The van der Waals surface area contributed by atoms with E-state index in [9.17, 15) is 23.1 Å². The van der Waals surface area contributed by atoms with Crippen molar-refractivity contribution in [1.29, 1.82) is 0 Å². The smallest absolute Gasteiger partial charge is 0.419 e. The molecule has 1 aliphatic rings. The quantitative estimate of drug-likeness (QED) is 0.877. The molecule has 1 aromatic rings. The van der Waals surface area contributed by atoms with Gasteiger partial charge >= 0.3 is 12.1 Å². The van der Waals surface area contributed by atoms with Gasteiger partial charge < -0.3 is 10.4 Å². The van der Waals surface area contributed by atoms with Gasteiger partial charge in [0.1, 0.15) is 5.54 Å². The zero-order valence-electron chi connectivity index (χ0n) is 11.7. The van der Waals surface area contributed by atoms with E-state index < -0.39 is 23.2 Å². The number of carbonyl (C=O) groups is 1. The molecule has 1 saturated carbocycles. The summed E-state index contributed by atoms with van der Waals surface area (Å²) < 4.78 is 39.0. The van der Waals surface area contributed by atoms with E-state index >= 15 is 0 Å². The minimum absolute atomic E-state index is 0.237. The van der Waals surface area contributed by atoms with Crippen LogP contribution in [-0.2, 0) is 11.0 Å². The molecule has 8 heteroatoms. The molecule has 0 radical (unpaired) electrons. The SMILES string of the molecule is CCCNC1(C(=O)O)CCC(n2cc(C(F)(F)F)cn2)C1. The monoisotopic (exact) mass is 305 g/mol. The maximum Gasteiger partial charge on any atom is 0.419 e. The Morgan fingerprint density at radius 3 is 2.86 bits per heavy atom. The minimum atomic E-state index is -4.43. The highest BCUT2D eigenvalue weighted by molar-refractivity contribution is 5.79. The van der Waals surface area contributed by atoms with Gasteiger partial charge in [-0.05, 0) is 32.2 Å². The van der Waals surface area contributed by atoms with Gasteiger partial charge in [-0.2, -0.15) is 18.3 Å². The number of hydrogen-bond donors (Lipinski definition) is 2. The highest BCUT2D eigenvalue weighted by atomic mass is 19.4. The standard InChI is InChI=1S/C13H18F3N3O2/c1-2-5-17-12(11(20)21)4-3-10(6-12)19-8-9(7-18-19)13(14,15)16/h7-8,10,17H,2-6H2,1H3,(H,20,21). The van der Waals surface area contributed by atoms with Crippen molar-refractivity contribution in [2.24, 2.45) is 0 Å². The first kappa shape index (κ1) is 15.8. The molecule has 2 unspecified atom stereocenters. The fourth-order valence-electron chi connectivity index (χ4n) is 2.72. The first-order chi connectivity index (χ1) is 9.78. The Kier molecular flexibility index (Phi) is 4.27. The molecule has 0 aromatic carbocycles. The molecule has 118 valence electrons. The lowest BCUT2D eigenvalue weighted by atomic mass is 9.97. The van der Waals surface area contributed by atoms with Crippen LogP contribution in [0.4, 0.5) is 13.2 Å². The first-order valence-corrected chi connectivity index (χ1v) is 6.88. The summed E-state index contributed by atoms with van der Waals surface area (Å²) >= 11 is 0. The summed E-state index contributed by atoms with van der Waals surface area (Å²) in [6, 6.07) is -0.332. The van der Waals surface area contributed by atoms with Crippen LogP contribution in [0.2, 0.25) is 0 Å². The molecular formula is C13H18F3N3O2. The molecule has 0 amide bonds. The van der Waals surface area contributed by atoms with Gasteiger partial charge in [0.15, 0.2) is 0 Å². The lowest BCUT2D eigenvalue weighted by Crippen LogP contribution is -2.50. The van der Waals surface area contributed by atoms with Crippen molar-refractivity contribution in [2.45, 2.75) is 50.4 Å². The molecule has 2 atom stereocenters. The number of halogens is 3. The largest absolute Gasteiger partial charge is 0.480 e. The van der Waals surface area contributed by atoms with E-state index in [1.807, 2.05) is 6.92 Å². The molecule has 1 aromatic heterocycles. The Morgan fingerprint density at radius 2 is 2.33 bits per heavy atom. The average molecular weight is 305 g/mol. The van der Waals surface area contributed by atoms with Crippen LogP contribution in [0.15, 0.2) is 12.4 Å². The molecule has 0 aliphatic heterocycles. The molecule has 1 fully saturated rings. The van der Waals surface area contributed by atoms with Crippen LogP contribution in [0.25, 0.3) is 0 Å². The van der Waals surface area contributed by atoms with E-state index in [-0.39, 0.29) is 12.5 Å². The fraction of sp³-hybridized carbons (Fsp3) is 0.692. The number of aromatic nitrogens is 2. The average Bonchev–Trinajstić information content (AvgIpc) is 3.03. The summed E-state index contributed by atoms with van der Waals surface area (Å²) in [6.45, 7) is 2.49. The van der Waals surface area contributed by atoms with Gasteiger partial charge in [-0.3, -0.25) is 9.48 Å². The Morgan fingerprint density at radius 1 is 1.62 bits per heavy atom. The third-order valence-corrected chi connectivity index (χ3v) is 3.91. The van der Waals surface area contributed by atoms with Gasteiger partial charge in [-0.15, -0.1) is 0 Å². The third kappa shape index (κ3) is 3.20. The van der Waals surface area contributed by atoms with Gasteiger partial charge in [-0.1, -0.05) is 6.92 Å². The van der Waals surface area contributed by atoms with Crippen molar-refractivity contribution < 1.29 is 23.1 Å². The van der Waals surface area contributed by atoms with Crippen LogP contribution in [-0.4, -0.2) is 32.9 Å². The van der Waals surface area contributed by atoms with E-state index in [4.69, 9.17) is 0 Å². The second-order valence-electron chi connectivity index (χ2n) is 5.42. The van der Waals surface area contributed by atoms with Crippen LogP contribution in [0.5, 0.6) is 0 Å². The Labute approximate surface area is 120 Å². The summed E-state index contributed by atoms with van der Waals surface area (Å²) in [5.74, 6) is -0.957. The molecule has 5 nitrogen and oxygen atoms in total. The summed E-state index contributed by atoms with van der Waals surface area (Å²) in [5, 5.41) is 16.2. The fourth-order valence-corrected chi connectivity index (χ4v) is 2.72. The second kappa shape index (κ2) is 5.67. The van der Waals surface area contributed by atoms with Crippen molar-refractivity contribution in [3.63, 3.8) is 0 Å². The van der Waals surface area contributed by atoms with Crippen molar-refractivity contribution in [3.05, 3.63) is 18.0 Å². The molecule has 2 N–H and O–H groups in total. The van der Waals surface area contributed by atoms with Crippen molar-refractivity contribution in [1.82, 2.24) is 15.1 Å². The topological polar surface area (TPSA) is 67.2 Å². The number of alkyl halides is 3. The van der Waals surface area contributed by atoms with E-state index in [2.05, 4.69) is 10.4 Å². The van der Waals surface area contributed by atoms with Crippen molar-refractivity contribution in [3.8, 4) is 0 Å². The predicted molar refractivity (Wildman–Crippen MR) is 68.8 cm³/mol. The molecule has 0 spiro atoms. The number of carboxylic acid groups (broad SMARTS) is 1. The first-order valence-electron chi connectivity index (χ1n) is 6.88. The second-order valence-corrected chi connectivity index (χ2v) is 5.42. The molecule has 0 bridgehead atoms. The van der Waals surface area contributed by atoms with Crippen LogP contribution in [0.3, 0.4) is 0 Å². The van der Waals surface area contributed by atoms with Gasteiger partial charge in [0, 0.05) is 6.20 Å². The molecule has 0 saturated heterocycles. The van der Waals surface area contributed by atoms with Gasteiger partial charge in [0.05, 0.1) is 17.8 Å². The minimum Gasteiger partial charge on any atom is -0.480 e. The number of hydrogen-bond acceptors (Lipinski definition) is 3. The highest BCUT2D eigenvalue weighted by Crippen LogP contribution is 2.39. The van der Waals surface area contributed by atoms with Crippen LogP contribution in [0, 0.1) is 0 Å². The Hall–Kier alpha value is -1.57. The summed E-state index contributed by atoms with van der Waals surface area (Å²) in [5.41, 5.74) is -1.87. The Bertz CT molecular complexity index is 515.